The standard InChI is InChI=1S/C9H17NO3.ClH/c1-2-13-9(12)8-4-6(8)3-7(10)5-11;/h6-8,11H,2-5,10H2,1H3;1H. The van der Waals surface area contributed by atoms with Gasteiger partial charge in [0.05, 0.1) is 19.1 Å². The summed E-state index contributed by atoms with van der Waals surface area (Å²) in [6.45, 7) is 2.23. The molecule has 0 saturated heterocycles. The highest BCUT2D eigenvalue weighted by atomic mass is 35.5. The lowest BCUT2D eigenvalue weighted by atomic mass is 10.1. The van der Waals surface area contributed by atoms with Crippen LogP contribution in [0.3, 0.4) is 0 Å². The molecule has 1 rings (SSSR count). The van der Waals surface area contributed by atoms with Crippen molar-refractivity contribution in [2.24, 2.45) is 17.6 Å². The van der Waals surface area contributed by atoms with Crippen molar-refractivity contribution < 1.29 is 14.6 Å². The van der Waals surface area contributed by atoms with Gasteiger partial charge in [0.25, 0.3) is 0 Å². The van der Waals surface area contributed by atoms with E-state index in [1.165, 1.54) is 0 Å². The first-order valence-corrected chi connectivity index (χ1v) is 4.72. The van der Waals surface area contributed by atoms with Gasteiger partial charge in [-0.3, -0.25) is 4.79 Å². The zero-order valence-corrected chi connectivity index (χ0v) is 9.13. The Morgan fingerprint density at radius 2 is 2.36 bits per heavy atom. The largest absolute Gasteiger partial charge is 0.466 e. The molecule has 0 aliphatic heterocycles. The van der Waals surface area contributed by atoms with Crippen LogP contribution in [0.5, 0.6) is 0 Å². The van der Waals surface area contributed by atoms with E-state index < -0.39 is 0 Å². The van der Waals surface area contributed by atoms with Crippen molar-refractivity contribution >= 4 is 18.4 Å². The van der Waals surface area contributed by atoms with Crippen molar-refractivity contribution in [1.82, 2.24) is 0 Å². The Morgan fingerprint density at radius 3 is 2.86 bits per heavy atom. The lowest BCUT2D eigenvalue weighted by Gasteiger charge is -2.06. The predicted molar refractivity (Wildman–Crippen MR) is 55.2 cm³/mol. The van der Waals surface area contributed by atoms with Crippen LogP contribution in [0.25, 0.3) is 0 Å². The fourth-order valence-electron chi connectivity index (χ4n) is 1.51. The monoisotopic (exact) mass is 223 g/mol. The van der Waals surface area contributed by atoms with Crippen LogP contribution >= 0.6 is 12.4 Å². The second kappa shape index (κ2) is 6.22. The van der Waals surface area contributed by atoms with Gasteiger partial charge in [0.1, 0.15) is 0 Å². The van der Waals surface area contributed by atoms with E-state index in [-0.39, 0.29) is 36.9 Å². The maximum absolute atomic E-state index is 11.2. The molecule has 3 unspecified atom stereocenters. The third kappa shape index (κ3) is 3.82. The van der Waals surface area contributed by atoms with E-state index >= 15 is 0 Å². The number of rotatable bonds is 5. The first-order valence-electron chi connectivity index (χ1n) is 4.72. The summed E-state index contributed by atoms with van der Waals surface area (Å²) in [5.74, 6) is 0.261. The fourth-order valence-corrected chi connectivity index (χ4v) is 1.51. The van der Waals surface area contributed by atoms with Crippen molar-refractivity contribution in [1.29, 1.82) is 0 Å². The number of carbonyl (C=O) groups is 1. The molecule has 0 radical (unpaired) electrons. The van der Waals surface area contributed by atoms with Gasteiger partial charge in [0.15, 0.2) is 0 Å². The van der Waals surface area contributed by atoms with Crippen LogP contribution in [-0.4, -0.2) is 30.3 Å². The smallest absolute Gasteiger partial charge is 0.309 e. The first-order chi connectivity index (χ1) is 6.19. The lowest BCUT2D eigenvalue weighted by molar-refractivity contribution is -0.145. The number of carbonyl (C=O) groups excluding carboxylic acids is 1. The Kier molecular flexibility index (Phi) is 6.08. The Labute approximate surface area is 90.2 Å². The van der Waals surface area contributed by atoms with Crippen LogP contribution in [0.1, 0.15) is 19.8 Å². The summed E-state index contributed by atoms with van der Waals surface area (Å²) in [4.78, 5) is 11.2. The summed E-state index contributed by atoms with van der Waals surface area (Å²) in [5, 5.41) is 8.70. The zero-order valence-electron chi connectivity index (χ0n) is 8.31. The number of hydrogen-bond donors (Lipinski definition) is 2. The predicted octanol–water partition coefficient (Wildman–Crippen LogP) is 0.317. The summed E-state index contributed by atoms with van der Waals surface area (Å²) in [6, 6.07) is -0.190. The van der Waals surface area contributed by atoms with Crippen LogP contribution in [-0.2, 0) is 9.53 Å². The van der Waals surface area contributed by atoms with Crippen molar-refractivity contribution in [3.63, 3.8) is 0 Å². The Balaban J connectivity index is 0.00000169. The van der Waals surface area contributed by atoms with Gasteiger partial charge in [-0.1, -0.05) is 0 Å². The van der Waals surface area contributed by atoms with E-state index in [0.717, 1.165) is 12.8 Å². The summed E-state index contributed by atoms with van der Waals surface area (Å²) in [6.07, 6.45) is 1.59. The third-order valence-corrected chi connectivity index (χ3v) is 2.35. The number of ether oxygens (including phenoxy) is 1. The molecular formula is C9H18ClNO3. The number of esters is 1. The minimum absolute atomic E-state index is 0. The summed E-state index contributed by atoms with van der Waals surface area (Å²) in [7, 11) is 0. The Hall–Kier alpha value is -0.320. The van der Waals surface area contributed by atoms with Crippen LogP contribution in [0.15, 0.2) is 0 Å². The van der Waals surface area contributed by atoms with Gasteiger partial charge in [0.2, 0.25) is 0 Å². The minimum atomic E-state index is -0.190. The molecule has 5 heteroatoms. The number of aliphatic hydroxyl groups excluding tert-OH is 1. The van der Waals surface area contributed by atoms with Gasteiger partial charge in [-0.2, -0.15) is 0 Å². The highest BCUT2D eigenvalue weighted by Crippen LogP contribution is 2.42. The number of hydrogen-bond acceptors (Lipinski definition) is 4. The average Bonchev–Trinajstić information content (AvgIpc) is 2.84. The quantitative estimate of drug-likeness (QED) is 0.659. The highest BCUT2D eigenvalue weighted by Gasteiger charge is 2.44. The second-order valence-corrected chi connectivity index (χ2v) is 3.53. The van der Waals surface area contributed by atoms with Gasteiger partial charge in [-0.25, -0.2) is 0 Å². The van der Waals surface area contributed by atoms with E-state index in [2.05, 4.69) is 0 Å². The molecular weight excluding hydrogens is 206 g/mol. The highest BCUT2D eigenvalue weighted by molar-refractivity contribution is 5.85. The van der Waals surface area contributed by atoms with Gasteiger partial charge in [-0.05, 0) is 25.7 Å². The van der Waals surface area contributed by atoms with Crippen LogP contribution in [0.2, 0.25) is 0 Å². The van der Waals surface area contributed by atoms with Gasteiger partial charge in [0, 0.05) is 6.04 Å². The van der Waals surface area contributed by atoms with E-state index in [1.54, 1.807) is 6.92 Å². The number of halogens is 1. The van der Waals surface area contributed by atoms with Crippen molar-refractivity contribution in [2.75, 3.05) is 13.2 Å². The topological polar surface area (TPSA) is 72.5 Å². The molecule has 1 aliphatic carbocycles. The van der Waals surface area contributed by atoms with Crippen molar-refractivity contribution in [3.8, 4) is 0 Å². The molecule has 0 aromatic carbocycles. The molecule has 0 aromatic rings. The minimum Gasteiger partial charge on any atom is -0.466 e. The van der Waals surface area contributed by atoms with Gasteiger partial charge in [-0.15, -0.1) is 12.4 Å². The maximum Gasteiger partial charge on any atom is 0.309 e. The van der Waals surface area contributed by atoms with Gasteiger partial charge >= 0.3 is 5.97 Å². The molecule has 0 amide bonds. The molecule has 0 heterocycles. The zero-order chi connectivity index (χ0) is 9.84. The molecule has 3 atom stereocenters. The number of nitrogens with two attached hydrogens (primary N) is 1. The normalized spacial score (nSPS) is 26.2. The van der Waals surface area contributed by atoms with Crippen LogP contribution in [0, 0.1) is 11.8 Å². The van der Waals surface area contributed by atoms with Crippen LogP contribution in [0.4, 0.5) is 0 Å². The molecule has 14 heavy (non-hydrogen) atoms. The summed E-state index contributed by atoms with van der Waals surface area (Å²) >= 11 is 0. The third-order valence-electron chi connectivity index (χ3n) is 2.35. The van der Waals surface area contributed by atoms with Crippen molar-refractivity contribution in [2.45, 2.75) is 25.8 Å². The number of aliphatic hydroxyl groups is 1. The summed E-state index contributed by atoms with van der Waals surface area (Å²) < 4.78 is 4.87. The van der Waals surface area contributed by atoms with E-state index in [0.29, 0.717) is 12.5 Å². The molecule has 4 nitrogen and oxygen atoms in total. The molecule has 84 valence electrons. The van der Waals surface area contributed by atoms with E-state index in [1.807, 2.05) is 0 Å². The Morgan fingerprint density at radius 1 is 1.71 bits per heavy atom. The molecule has 1 aliphatic rings. The molecule has 0 spiro atoms. The second-order valence-electron chi connectivity index (χ2n) is 3.53. The van der Waals surface area contributed by atoms with Crippen molar-refractivity contribution in [3.05, 3.63) is 0 Å². The van der Waals surface area contributed by atoms with E-state index in [4.69, 9.17) is 15.6 Å². The molecule has 3 N–H and O–H groups in total. The fraction of sp³-hybridized carbons (Fsp3) is 0.889. The first kappa shape index (κ1) is 13.7. The van der Waals surface area contributed by atoms with Crippen LogP contribution < -0.4 is 5.73 Å². The molecule has 1 saturated carbocycles. The molecule has 0 aromatic heterocycles. The van der Waals surface area contributed by atoms with Gasteiger partial charge < -0.3 is 15.6 Å². The molecule has 0 bridgehead atoms. The SMILES string of the molecule is CCOC(=O)C1CC1CC(N)CO.Cl. The summed E-state index contributed by atoms with van der Waals surface area (Å²) in [5.41, 5.74) is 5.55. The lowest BCUT2D eigenvalue weighted by Crippen LogP contribution is -2.25. The maximum atomic E-state index is 11.2. The average molecular weight is 224 g/mol. The Bertz CT molecular complexity index is 189. The molecule has 1 fully saturated rings. The van der Waals surface area contributed by atoms with E-state index in [9.17, 15) is 4.79 Å².